The van der Waals surface area contributed by atoms with Gasteiger partial charge in [0.1, 0.15) is 0 Å². The van der Waals surface area contributed by atoms with Gasteiger partial charge in [0.25, 0.3) is 0 Å². The molecule has 0 heterocycles. The van der Waals surface area contributed by atoms with Crippen LogP contribution < -0.4 is 0 Å². The molecule has 0 spiro atoms. The number of hydrogen-bond acceptors (Lipinski definition) is 3. The minimum absolute atomic E-state index is 0.130. The average Bonchev–Trinajstić information content (AvgIpc) is 2.59. The fraction of sp³-hybridized carbons (Fsp3) is 0.636. The number of hydrogen-bond donors (Lipinski definition) is 1. The first-order valence-electron chi connectivity index (χ1n) is 9.64. The number of carboxylic acids is 1. The van der Waals surface area contributed by atoms with Gasteiger partial charge in [-0.05, 0) is 72.6 Å². The van der Waals surface area contributed by atoms with Crippen LogP contribution in [0, 0.1) is 11.3 Å². The molecule has 0 radical (unpaired) electrons. The molecule has 3 atom stereocenters. The van der Waals surface area contributed by atoms with E-state index in [-0.39, 0.29) is 23.2 Å². The topological polar surface area (TPSA) is 63.6 Å². The van der Waals surface area contributed by atoms with Gasteiger partial charge in [-0.15, -0.1) is 0 Å². The number of ether oxygens (including phenoxy) is 1. The van der Waals surface area contributed by atoms with Crippen molar-refractivity contribution in [2.24, 2.45) is 11.3 Å². The van der Waals surface area contributed by atoms with Crippen LogP contribution in [0.3, 0.4) is 0 Å². The molecule has 2 aliphatic carbocycles. The van der Waals surface area contributed by atoms with Crippen LogP contribution in [0.25, 0.3) is 0 Å². The van der Waals surface area contributed by atoms with Crippen molar-refractivity contribution >= 4 is 11.9 Å². The van der Waals surface area contributed by atoms with E-state index >= 15 is 0 Å². The van der Waals surface area contributed by atoms with Crippen molar-refractivity contribution in [3.8, 4) is 0 Å². The summed E-state index contributed by atoms with van der Waals surface area (Å²) in [7, 11) is 1.47. The zero-order chi connectivity index (χ0) is 19.3. The highest BCUT2D eigenvalue weighted by Gasteiger charge is 2.55. The highest BCUT2D eigenvalue weighted by molar-refractivity contribution is 5.90. The van der Waals surface area contributed by atoms with Gasteiger partial charge in [0.2, 0.25) is 0 Å². The second-order valence-corrected chi connectivity index (χ2v) is 8.83. The van der Waals surface area contributed by atoms with Gasteiger partial charge in [0, 0.05) is 0 Å². The van der Waals surface area contributed by atoms with Gasteiger partial charge in [-0.1, -0.05) is 33.3 Å². The molecule has 0 aliphatic heterocycles. The van der Waals surface area contributed by atoms with Crippen molar-refractivity contribution in [2.45, 2.75) is 71.1 Å². The predicted octanol–water partition coefficient (Wildman–Crippen LogP) is 4.69. The maximum absolute atomic E-state index is 12.6. The number of aryl methyl sites for hydroxylation is 1. The number of carbonyl (C=O) groups is 2. The van der Waals surface area contributed by atoms with Crippen LogP contribution in [0.2, 0.25) is 0 Å². The van der Waals surface area contributed by atoms with Crippen molar-refractivity contribution in [3.63, 3.8) is 0 Å². The fourth-order valence-corrected chi connectivity index (χ4v) is 5.68. The van der Waals surface area contributed by atoms with Gasteiger partial charge in [-0.2, -0.15) is 0 Å². The summed E-state index contributed by atoms with van der Waals surface area (Å²) in [5.41, 5.74) is 3.02. The van der Waals surface area contributed by atoms with E-state index in [1.807, 2.05) is 26.8 Å². The summed E-state index contributed by atoms with van der Waals surface area (Å²) in [6.45, 7) is 8.33. The first kappa shape index (κ1) is 18.9. The Balaban J connectivity index is 2.17. The van der Waals surface area contributed by atoms with Crippen LogP contribution in [0.4, 0.5) is 0 Å². The molecule has 1 N–H and O–H groups in total. The molecule has 1 saturated carbocycles. The smallest absolute Gasteiger partial charge is 0.335 e. The second kappa shape index (κ2) is 6.40. The number of carbonyl (C=O) groups excluding carboxylic acids is 1. The van der Waals surface area contributed by atoms with Crippen LogP contribution >= 0.6 is 0 Å². The number of carboxylic acid groups (broad SMARTS) is 1. The Bertz CT molecular complexity index is 751. The van der Waals surface area contributed by atoms with Crippen LogP contribution in [-0.2, 0) is 21.4 Å². The third-order valence-electron chi connectivity index (χ3n) is 7.03. The quantitative estimate of drug-likeness (QED) is 0.796. The lowest BCUT2D eigenvalue weighted by Crippen LogP contribution is -2.52. The maximum Gasteiger partial charge on any atom is 0.335 e. The molecule has 0 amide bonds. The molecule has 26 heavy (non-hydrogen) atoms. The molecule has 0 saturated heterocycles. The number of rotatable bonds is 3. The lowest BCUT2D eigenvalue weighted by molar-refractivity contribution is -0.161. The summed E-state index contributed by atoms with van der Waals surface area (Å²) in [6.07, 6.45) is 4.61. The molecule has 2 aliphatic rings. The summed E-state index contributed by atoms with van der Waals surface area (Å²) in [6, 6.07) is 4.01. The van der Waals surface area contributed by atoms with Crippen LogP contribution in [-0.4, -0.2) is 24.2 Å². The highest BCUT2D eigenvalue weighted by Crippen LogP contribution is 2.58. The monoisotopic (exact) mass is 358 g/mol. The Morgan fingerprint density at radius 2 is 1.92 bits per heavy atom. The summed E-state index contributed by atoms with van der Waals surface area (Å²) >= 11 is 0. The highest BCUT2D eigenvalue weighted by atomic mass is 16.5. The number of fused-ring (bicyclic) bond motifs is 3. The molecule has 0 aromatic heterocycles. The van der Waals surface area contributed by atoms with Gasteiger partial charge < -0.3 is 9.84 Å². The standard InChI is InChI=1S/C22H30O4/c1-13(2)15-11-14-7-8-18-21(3,17(14)12-16(15)19(23)24)9-6-10-22(18,4)20(25)26-5/h11-13,18H,6-10H2,1-5H3,(H,23,24). The second-order valence-electron chi connectivity index (χ2n) is 8.83. The zero-order valence-corrected chi connectivity index (χ0v) is 16.5. The first-order chi connectivity index (χ1) is 12.1. The summed E-state index contributed by atoms with van der Waals surface area (Å²) in [5.74, 6) is -0.651. The molecule has 4 heteroatoms. The van der Waals surface area contributed by atoms with Crippen molar-refractivity contribution in [1.82, 2.24) is 0 Å². The third-order valence-corrected chi connectivity index (χ3v) is 7.03. The van der Waals surface area contributed by atoms with E-state index < -0.39 is 11.4 Å². The SMILES string of the molecule is COC(=O)C1(C)CCCC2(C)c3cc(C(=O)O)c(C(C)C)cc3CCC12. The van der Waals surface area contributed by atoms with E-state index in [0.717, 1.165) is 43.2 Å². The Kier molecular flexibility index (Phi) is 4.66. The molecule has 3 unspecified atom stereocenters. The average molecular weight is 358 g/mol. The Hall–Kier alpha value is -1.84. The fourth-order valence-electron chi connectivity index (χ4n) is 5.68. The predicted molar refractivity (Wildman–Crippen MR) is 101 cm³/mol. The van der Waals surface area contributed by atoms with Crippen LogP contribution in [0.5, 0.6) is 0 Å². The largest absolute Gasteiger partial charge is 0.478 e. The first-order valence-corrected chi connectivity index (χ1v) is 9.64. The van der Waals surface area contributed by atoms with E-state index in [1.54, 1.807) is 0 Å². The summed E-state index contributed by atoms with van der Waals surface area (Å²) < 4.78 is 5.15. The van der Waals surface area contributed by atoms with E-state index in [4.69, 9.17) is 4.74 Å². The normalized spacial score (nSPS) is 30.5. The minimum Gasteiger partial charge on any atom is -0.478 e. The van der Waals surface area contributed by atoms with Crippen molar-refractivity contribution in [3.05, 3.63) is 34.4 Å². The third kappa shape index (κ3) is 2.65. The number of esters is 1. The van der Waals surface area contributed by atoms with Crippen molar-refractivity contribution in [1.29, 1.82) is 0 Å². The van der Waals surface area contributed by atoms with Crippen molar-refractivity contribution < 1.29 is 19.4 Å². The summed E-state index contributed by atoms with van der Waals surface area (Å²) in [5, 5.41) is 9.75. The molecule has 1 aromatic rings. The molecule has 4 nitrogen and oxygen atoms in total. The zero-order valence-electron chi connectivity index (χ0n) is 16.5. The van der Waals surface area contributed by atoms with Crippen LogP contribution in [0.1, 0.15) is 86.3 Å². The van der Waals surface area contributed by atoms with E-state index in [0.29, 0.717) is 5.56 Å². The Morgan fingerprint density at radius 1 is 1.23 bits per heavy atom. The van der Waals surface area contributed by atoms with Gasteiger partial charge in [0.15, 0.2) is 0 Å². The lowest BCUT2D eigenvalue weighted by Gasteiger charge is -2.54. The number of benzene rings is 1. The van der Waals surface area contributed by atoms with Gasteiger partial charge >= 0.3 is 11.9 Å². The van der Waals surface area contributed by atoms with E-state index in [9.17, 15) is 14.7 Å². The number of aromatic carboxylic acids is 1. The summed E-state index contributed by atoms with van der Waals surface area (Å²) in [4.78, 5) is 24.5. The van der Waals surface area contributed by atoms with Gasteiger partial charge in [0.05, 0.1) is 18.1 Å². The van der Waals surface area contributed by atoms with E-state index in [2.05, 4.69) is 13.0 Å². The lowest BCUT2D eigenvalue weighted by atomic mass is 9.49. The minimum atomic E-state index is -0.867. The van der Waals surface area contributed by atoms with Crippen molar-refractivity contribution in [2.75, 3.05) is 7.11 Å². The van der Waals surface area contributed by atoms with Gasteiger partial charge in [-0.25, -0.2) is 4.79 Å². The molecule has 1 aromatic carbocycles. The van der Waals surface area contributed by atoms with E-state index in [1.165, 1.54) is 12.7 Å². The molecule has 1 fully saturated rings. The molecular weight excluding hydrogens is 328 g/mol. The molecular formula is C22H30O4. The Morgan fingerprint density at radius 3 is 2.50 bits per heavy atom. The Labute approximate surface area is 155 Å². The number of methoxy groups -OCH3 is 1. The molecule has 142 valence electrons. The molecule has 3 rings (SSSR count). The maximum atomic E-state index is 12.6. The molecule has 0 bridgehead atoms. The van der Waals surface area contributed by atoms with Gasteiger partial charge in [-0.3, -0.25) is 4.79 Å². The van der Waals surface area contributed by atoms with Crippen LogP contribution in [0.15, 0.2) is 12.1 Å².